The van der Waals surface area contributed by atoms with Crippen LogP contribution in [0.4, 0.5) is 22.0 Å². The van der Waals surface area contributed by atoms with Gasteiger partial charge in [-0.25, -0.2) is 22.0 Å². The van der Waals surface area contributed by atoms with Crippen molar-refractivity contribution in [2.75, 3.05) is 0 Å². The Morgan fingerprint density at radius 3 is 1.93 bits per heavy atom. The van der Waals surface area contributed by atoms with Gasteiger partial charge in [-0.2, -0.15) is 0 Å². The molecule has 2 aromatic carbocycles. The molecule has 0 saturated heterocycles. The zero-order valence-electron chi connectivity index (χ0n) is 16.3. The quantitative estimate of drug-likeness (QED) is 0.119. The van der Waals surface area contributed by atoms with Crippen molar-refractivity contribution in [3.8, 4) is 11.8 Å². The zero-order chi connectivity index (χ0) is 22.1. The van der Waals surface area contributed by atoms with Crippen LogP contribution in [0.15, 0.2) is 24.3 Å². The number of alkyl halides is 1. The van der Waals surface area contributed by atoms with Gasteiger partial charge in [0.1, 0.15) is 11.6 Å². The van der Waals surface area contributed by atoms with Crippen LogP contribution < -0.4 is 5.73 Å². The molecule has 1 unspecified atom stereocenters. The summed E-state index contributed by atoms with van der Waals surface area (Å²) >= 11 is 2.29. The van der Waals surface area contributed by atoms with E-state index in [2.05, 4.69) is 41.4 Å². The molecule has 1 nitrogen and oxygen atoms in total. The summed E-state index contributed by atoms with van der Waals surface area (Å²) in [6, 6.07) is 3.89. The molecule has 1 aliphatic carbocycles. The van der Waals surface area contributed by atoms with E-state index in [4.69, 9.17) is 5.73 Å². The second-order valence-corrected chi connectivity index (χ2v) is 9.70. The zero-order valence-corrected chi connectivity index (χ0v) is 18.5. The molecular formula is C23H21F5IN. The Balaban J connectivity index is 1.79. The molecule has 30 heavy (non-hydrogen) atoms. The first-order valence-electron chi connectivity index (χ1n) is 9.75. The summed E-state index contributed by atoms with van der Waals surface area (Å²) in [5.74, 6) is -1.16. The SMILES string of the molecule is CCC(N)(I)C1CCC(c2cc(F)c(C#Cc3cc(F)c(F)c(F)c3)c(F)c2)CC1. The number of hydrogen-bond donors (Lipinski definition) is 1. The fourth-order valence-corrected chi connectivity index (χ4v) is 4.53. The smallest absolute Gasteiger partial charge is 0.194 e. The van der Waals surface area contributed by atoms with Crippen LogP contribution in [0.3, 0.4) is 0 Å². The van der Waals surface area contributed by atoms with Crippen molar-refractivity contribution in [1.82, 2.24) is 0 Å². The first-order valence-corrected chi connectivity index (χ1v) is 10.8. The minimum absolute atomic E-state index is 0.0385. The lowest BCUT2D eigenvalue weighted by Gasteiger charge is -2.37. The third kappa shape index (κ3) is 4.97. The number of benzene rings is 2. The van der Waals surface area contributed by atoms with Gasteiger partial charge in [-0.1, -0.05) is 41.4 Å². The molecule has 0 bridgehead atoms. The molecule has 2 aromatic rings. The number of nitrogens with two attached hydrogens (primary N) is 1. The van der Waals surface area contributed by atoms with Gasteiger partial charge < -0.3 is 5.73 Å². The third-order valence-electron chi connectivity index (χ3n) is 5.80. The van der Waals surface area contributed by atoms with Crippen LogP contribution in [0.2, 0.25) is 0 Å². The lowest BCUT2D eigenvalue weighted by molar-refractivity contribution is 0.267. The van der Waals surface area contributed by atoms with Gasteiger partial charge in [-0.3, -0.25) is 0 Å². The predicted molar refractivity (Wildman–Crippen MR) is 115 cm³/mol. The number of halogens is 6. The average molecular weight is 533 g/mol. The fraction of sp³-hybridized carbons (Fsp3) is 0.391. The Bertz CT molecular complexity index is 954. The molecule has 160 valence electrons. The van der Waals surface area contributed by atoms with E-state index in [1.54, 1.807) is 0 Å². The Kier molecular flexibility index (Phi) is 7.08. The van der Waals surface area contributed by atoms with Gasteiger partial charge in [0, 0.05) is 5.56 Å². The van der Waals surface area contributed by atoms with Gasteiger partial charge in [-0.05, 0) is 73.8 Å². The predicted octanol–water partition coefficient (Wildman–Crippen LogP) is 6.56. The molecule has 1 fully saturated rings. The molecule has 2 N–H and O–H groups in total. The highest BCUT2D eigenvalue weighted by molar-refractivity contribution is 14.1. The van der Waals surface area contributed by atoms with Crippen LogP contribution in [0.25, 0.3) is 0 Å². The van der Waals surface area contributed by atoms with Crippen molar-refractivity contribution in [2.24, 2.45) is 11.7 Å². The Hall–Kier alpha value is -1.66. The first-order chi connectivity index (χ1) is 14.1. The molecule has 0 aliphatic heterocycles. The maximum atomic E-state index is 14.5. The molecule has 7 heteroatoms. The highest BCUT2D eigenvalue weighted by Crippen LogP contribution is 2.43. The summed E-state index contributed by atoms with van der Waals surface area (Å²) in [6.45, 7) is 2.05. The van der Waals surface area contributed by atoms with E-state index in [1.165, 1.54) is 12.1 Å². The lowest BCUT2D eigenvalue weighted by Crippen LogP contribution is -2.41. The molecule has 0 amide bonds. The molecule has 1 atom stereocenters. The van der Waals surface area contributed by atoms with Gasteiger partial charge >= 0.3 is 0 Å². The van der Waals surface area contributed by atoms with Gasteiger partial charge in [0.05, 0.1) is 9.11 Å². The van der Waals surface area contributed by atoms with E-state index in [-0.39, 0.29) is 15.0 Å². The van der Waals surface area contributed by atoms with Crippen LogP contribution >= 0.6 is 22.6 Å². The Morgan fingerprint density at radius 2 is 1.43 bits per heavy atom. The lowest BCUT2D eigenvalue weighted by atomic mass is 9.75. The molecule has 0 aromatic heterocycles. The van der Waals surface area contributed by atoms with Crippen LogP contribution in [-0.2, 0) is 0 Å². The van der Waals surface area contributed by atoms with Crippen molar-refractivity contribution in [2.45, 2.75) is 48.5 Å². The molecule has 0 heterocycles. The summed E-state index contributed by atoms with van der Waals surface area (Å²) in [7, 11) is 0. The largest absolute Gasteiger partial charge is 0.317 e. The maximum Gasteiger partial charge on any atom is 0.194 e. The van der Waals surface area contributed by atoms with Crippen molar-refractivity contribution in [1.29, 1.82) is 0 Å². The van der Waals surface area contributed by atoms with E-state index in [0.29, 0.717) is 23.6 Å². The van der Waals surface area contributed by atoms with E-state index in [0.717, 1.165) is 32.1 Å². The van der Waals surface area contributed by atoms with Gasteiger partial charge in [-0.15, -0.1) is 0 Å². The summed E-state index contributed by atoms with van der Waals surface area (Å²) in [4.78, 5) is 0. The molecule has 1 aliphatic rings. The summed E-state index contributed by atoms with van der Waals surface area (Å²) < 4.78 is 68.4. The van der Waals surface area contributed by atoms with Crippen molar-refractivity contribution in [3.63, 3.8) is 0 Å². The molecule has 1 saturated carbocycles. The molecule has 0 spiro atoms. The fourth-order valence-electron chi connectivity index (χ4n) is 3.91. The summed E-state index contributed by atoms with van der Waals surface area (Å²) in [6.07, 6.45) is 4.24. The highest BCUT2D eigenvalue weighted by atomic mass is 127. The monoisotopic (exact) mass is 533 g/mol. The van der Waals surface area contributed by atoms with Crippen LogP contribution in [0.1, 0.15) is 61.6 Å². The third-order valence-corrected chi connectivity index (χ3v) is 7.44. The standard InChI is InChI=1S/C23H21F5IN/c1-2-23(29,30)16-6-4-14(5-7-16)15-11-18(24)17(19(25)12-15)8-3-13-9-20(26)22(28)21(27)10-13/h9-12,14,16H,2,4-7,30H2,1H3. The van der Waals surface area contributed by atoms with Crippen LogP contribution in [-0.4, -0.2) is 3.55 Å². The van der Waals surface area contributed by atoms with Gasteiger partial charge in [0.15, 0.2) is 17.5 Å². The van der Waals surface area contributed by atoms with E-state index < -0.39 is 34.6 Å². The Morgan fingerprint density at radius 1 is 0.900 bits per heavy atom. The molecule has 0 radical (unpaired) electrons. The summed E-state index contributed by atoms with van der Waals surface area (Å²) in [5.41, 5.74) is 6.20. The van der Waals surface area contributed by atoms with E-state index >= 15 is 0 Å². The number of rotatable bonds is 3. The first kappa shape index (κ1) is 23.0. The van der Waals surface area contributed by atoms with Crippen molar-refractivity contribution in [3.05, 3.63) is 70.0 Å². The second kappa shape index (κ2) is 9.23. The van der Waals surface area contributed by atoms with Crippen LogP contribution in [0.5, 0.6) is 0 Å². The minimum atomic E-state index is -1.62. The summed E-state index contributed by atoms with van der Waals surface area (Å²) in [5, 5.41) is 0. The van der Waals surface area contributed by atoms with Crippen molar-refractivity contribution < 1.29 is 22.0 Å². The number of hydrogen-bond acceptors (Lipinski definition) is 1. The normalized spacial score (nSPS) is 20.9. The topological polar surface area (TPSA) is 26.0 Å². The molecular weight excluding hydrogens is 512 g/mol. The minimum Gasteiger partial charge on any atom is -0.317 e. The van der Waals surface area contributed by atoms with Crippen LogP contribution in [0, 0.1) is 46.8 Å². The van der Waals surface area contributed by atoms with Crippen molar-refractivity contribution >= 4 is 22.6 Å². The Labute approximate surface area is 186 Å². The average Bonchev–Trinajstić information content (AvgIpc) is 2.71. The van der Waals surface area contributed by atoms with Gasteiger partial charge in [0.25, 0.3) is 0 Å². The van der Waals surface area contributed by atoms with Gasteiger partial charge in [0.2, 0.25) is 0 Å². The van der Waals surface area contributed by atoms with E-state index in [1.807, 2.05) is 0 Å². The second-order valence-electron chi connectivity index (χ2n) is 7.69. The highest BCUT2D eigenvalue weighted by Gasteiger charge is 2.34. The maximum absolute atomic E-state index is 14.5. The van der Waals surface area contributed by atoms with E-state index in [9.17, 15) is 22.0 Å². The molecule has 3 rings (SSSR count).